The lowest BCUT2D eigenvalue weighted by atomic mass is 10.2. The number of urea groups is 1. The lowest BCUT2D eigenvalue weighted by Gasteiger charge is -2.29. The number of hydrogen-bond donors (Lipinski definition) is 3. The predicted octanol–water partition coefficient (Wildman–Crippen LogP) is -0.130. The Kier molecular flexibility index (Phi) is 6.58. The Morgan fingerprint density at radius 3 is 2.37 bits per heavy atom. The molecule has 7 heteroatoms. The van der Waals surface area contributed by atoms with E-state index in [1.165, 1.54) is 0 Å². The molecule has 0 aromatic carbocycles. The molecule has 1 fully saturated rings. The number of amides is 2. The van der Waals surface area contributed by atoms with E-state index in [0.29, 0.717) is 0 Å². The van der Waals surface area contributed by atoms with Gasteiger partial charge in [-0.05, 0) is 13.8 Å². The molecule has 2 amide bonds. The van der Waals surface area contributed by atoms with E-state index in [2.05, 4.69) is 15.5 Å². The van der Waals surface area contributed by atoms with Crippen molar-refractivity contribution in [3.05, 3.63) is 0 Å². The first kappa shape index (κ1) is 15.7. The quantitative estimate of drug-likeness (QED) is 0.627. The molecule has 1 saturated heterocycles. The van der Waals surface area contributed by atoms with Gasteiger partial charge in [-0.2, -0.15) is 0 Å². The predicted molar refractivity (Wildman–Crippen MR) is 70.1 cm³/mol. The second-order valence-electron chi connectivity index (χ2n) is 4.93. The summed E-state index contributed by atoms with van der Waals surface area (Å²) in [7, 11) is 0. The van der Waals surface area contributed by atoms with Gasteiger partial charge < -0.3 is 20.5 Å². The van der Waals surface area contributed by atoms with E-state index < -0.39 is 5.97 Å². The fraction of sp³-hybridized carbons (Fsp3) is 0.833. The van der Waals surface area contributed by atoms with Crippen LogP contribution in [-0.2, 0) is 9.53 Å². The van der Waals surface area contributed by atoms with Crippen LogP contribution < -0.4 is 10.6 Å². The molecule has 0 saturated carbocycles. The van der Waals surface area contributed by atoms with Gasteiger partial charge in [0.1, 0.15) is 0 Å². The van der Waals surface area contributed by atoms with E-state index >= 15 is 0 Å². The number of hydrogen-bond acceptors (Lipinski definition) is 4. The van der Waals surface area contributed by atoms with Crippen LogP contribution in [0.1, 0.15) is 20.3 Å². The van der Waals surface area contributed by atoms with Crippen LogP contribution >= 0.6 is 0 Å². The van der Waals surface area contributed by atoms with Gasteiger partial charge in [0.15, 0.2) is 0 Å². The van der Waals surface area contributed by atoms with Gasteiger partial charge in [-0.1, -0.05) is 0 Å². The summed E-state index contributed by atoms with van der Waals surface area (Å²) in [5.74, 6) is -0.922. The van der Waals surface area contributed by atoms with Crippen molar-refractivity contribution < 1.29 is 19.4 Å². The number of rotatable bonds is 6. The summed E-state index contributed by atoms with van der Waals surface area (Å²) in [4.78, 5) is 24.3. The molecule has 0 radical (unpaired) electrons. The van der Waals surface area contributed by atoms with E-state index in [0.717, 1.165) is 32.8 Å². The van der Waals surface area contributed by atoms with Crippen molar-refractivity contribution in [3.8, 4) is 0 Å². The average Bonchev–Trinajstić information content (AvgIpc) is 2.28. The Balaban J connectivity index is 2.21. The minimum Gasteiger partial charge on any atom is -0.481 e. The number of carboxylic acids is 1. The maximum Gasteiger partial charge on any atom is 0.315 e. The summed E-state index contributed by atoms with van der Waals surface area (Å²) in [5.41, 5.74) is 0. The summed E-state index contributed by atoms with van der Waals surface area (Å²) in [5, 5.41) is 14.0. The van der Waals surface area contributed by atoms with Crippen molar-refractivity contribution in [1.82, 2.24) is 15.5 Å². The highest BCUT2D eigenvalue weighted by Crippen LogP contribution is 1.98. The highest BCUT2D eigenvalue weighted by molar-refractivity contribution is 5.75. The number of carbonyl (C=O) groups is 2. The molecular formula is C12H23N3O4. The largest absolute Gasteiger partial charge is 0.481 e. The summed E-state index contributed by atoms with van der Waals surface area (Å²) < 4.78 is 5.26. The third-order valence-electron chi connectivity index (χ3n) is 2.87. The Hall–Kier alpha value is -1.34. The van der Waals surface area contributed by atoms with Crippen LogP contribution in [0.15, 0.2) is 0 Å². The van der Waals surface area contributed by atoms with Crippen LogP contribution in [0.5, 0.6) is 0 Å². The molecule has 0 bridgehead atoms. The molecule has 7 nitrogen and oxygen atoms in total. The third-order valence-corrected chi connectivity index (χ3v) is 2.87. The van der Waals surface area contributed by atoms with Crippen LogP contribution in [0, 0.1) is 0 Å². The van der Waals surface area contributed by atoms with Crippen LogP contribution in [-0.4, -0.2) is 66.9 Å². The number of nitrogens with zero attached hydrogens (tertiary/aromatic N) is 1. The van der Waals surface area contributed by atoms with Gasteiger partial charge in [-0.25, -0.2) is 4.79 Å². The SMILES string of the molecule is CC(CC(=O)O)NC(=O)NC(C)CN1CCOCC1. The first-order chi connectivity index (χ1) is 8.97. The maximum atomic E-state index is 11.6. The van der Waals surface area contributed by atoms with Gasteiger partial charge in [0.05, 0.1) is 19.6 Å². The molecular weight excluding hydrogens is 250 g/mol. The monoisotopic (exact) mass is 273 g/mol. The van der Waals surface area contributed by atoms with Crippen molar-refractivity contribution in [2.45, 2.75) is 32.4 Å². The molecule has 19 heavy (non-hydrogen) atoms. The molecule has 0 aromatic rings. The number of carboxylic acid groups (broad SMARTS) is 1. The zero-order valence-corrected chi connectivity index (χ0v) is 11.5. The summed E-state index contributed by atoms with van der Waals surface area (Å²) in [6.07, 6.45) is -0.0781. The number of aliphatic carboxylic acids is 1. The topological polar surface area (TPSA) is 90.9 Å². The zero-order chi connectivity index (χ0) is 14.3. The first-order valence-electron chi connectivity index (χ1n) is 6.56. The lowest BCUT2D eigenvalue weighted by molar-refractivity contribution is -0.137. The van der Waals surface area contributed by atoms with Crippen molar-refractivity contribution in [2.75, 3.05) is 32.8 Å². The van der Waals surface area contributed by atoms with E-state index in [4.69, 9.17) is 9.84 Å². The smallest absolute Gasteiger partial charge is 0.315 e. The van der Waals surface area contributed by atoms with Crippen molar-refractivity contribution in [3.63, 3.8) is 0 Å². The summed E-state index contributed by atoms with van der Waals surface area (Å²) in [6.45, 7) is 7.58. The van der Waals surface area contributed by atoms with E-state index in [9.17, 15) is 9.59 Å². The standard InChI is InChI=1S/C12H23N3O4/c1-9(7-11(16)17)13-12(18)14-10(2)8-15-3-5-19-6-4-15/h9-10H,3-8H2,1-2H3,(H,16,17)(H2,13,14,18). The van der Waals surface area contributed by atoms with Gasteiger partial charge in [0, 0.05) is 31.7 Å². The second-order valence-corrected chi connectivity index (χ2v) is 4.93. The van der Waals surface area contributed by atoms with E-state index in [1.807, 2.05) is 6.92 Å². The number of carbonyl (C=O) groups excluding carboxylic acids is 1. The van der Waals surface area contributed by atoms with E-state index in [1.54, 1.807) is 6.92 Å². The molecule has 0 aromatic heterocycles. The number of nitrogens with one attached hydrogen (secondary N) is 2. The maximum absolute atomic E-state index is 11.6. The van der Waals surface area contributed by atoms with Gasteiger partial charge in [-0.15, -0.1) is 0 Å². The molecule has 2 unspecified atom stereocenters. The number of morpholine rings is 1. The van der Waals surface area contributed by atoms with Crippen LogP contribution in [0.3, 0.4) is 0 Å². The second kappa shape index (κ2) is 7.96. The fourth-order valence-corrected chi connectivity index (χ4v) is 2.02. The molecule has 1 aliphatic heterocycles. The molecule has 2 atom stereocenters. The molecule has 0 spiro atoms. The molecule has 1 heterocycles. The highest BCUT2D eigenvalue weighted by Gasteiger charge is 2.16. The highest BCUT2D eigenvalue weighted by atomic mass is 16.5. The average molecular weight is 273 g/mol. The van der Waals surface area contributed by atoms with Crippen LogP contribution in [0.25, 0.3) is 0 Å². The summed E-state index contributed by atoms with van der Waals surface area (Å²) >= 11 is 0. The molecule has 0 aliphatic carbocycles. The normalized spacial score (nSPS) is 19.5. The van der Waals surface area contributed by atoms with Crippen molar-refractivity contribution in [1.29, 1.82) is 0 Å². The fourth-order valence-electron chi connectivity index (χ4n) is 2.02. The minimum atomic E-state index is -0.922. The third kappa shape index (κ3) is 6.97. The Bertz CT molecular complexity index is 305. The summed E-state index contributed by atoms with van der Waals surface area (Å²) in [6, 6.07) is -0.697. The van der Waals surface area contributed by atoms with Crippen molar-refractivity contribution >= 4 is 12.0 Å². The van der Waals surface area contributed by atoms with Crippen LogP contribution in [0.2, 0.25) is 0 Å². The molecule has 1 aliphatic rings. The molecule has 1 rings (SSSR count). The van der Waals surface area contributed by atoms with Gasteiger partial charge in [-0.3, -0.25) is 9.69 Å². The van der Waals surface area contributed by atoms with Crippen molar-refractivity contribution in [2.24, 2.45) is 0 Å². The zero-order valence-electron chi connectivity index (χ0n) is 11.5. The van der Waals surface area contributed by atoms with Gasteiger partial charge in [0.25, 0.3) is 0 Å². The Morgan fingerprint density at radius 2 is 1.79 bits per heavy atom. The Labute approximate surface area is 113 Å². The van der Waals surface area contributed by atoms with E-state index in [-0.39, 0.29) is 24.5 Å². The van der Waals surface area contributed by atoms with Gasteiger partial charge in [0.2, 0.25) is 0 Å². The lowest BCUT2D eigenvalue weighted by Crippen LogP contribution is -2.50. The molecule has 3 N–H and O–H groups in total. The number of ether oxygens (including phenoxy) is 1. The first-order valence-corrected chi connectivity index (χ1v) is 6.56. The molecule has 110 valence electrons. The Morgan fingerprint density at radius 1 is 1.21 bits per heavy atom. The minimum absolute atomic E-state index is 0.00938. The van der Waals surface area contributed by atoms with Gasteiger partial charge >= 0.3 is 12.0 Å². The van der Waals surface area contributed by atoms with Crippen LogP contribution in [0.4, 0.5) is 4.79 Å².